The van der Waals surface area contributed by atoms with Crippen molar-refractivity contribution in [2.45, 2.75) is 19.4 Å². The van der Waals surface area contributed by atoms with E-state index >= 15 is 0 Å². The molecule has 1 rings (SSSR count). The molecule has 0 aromatic heterocycles. The molecule has 1 N–H and O–H groups in total. The molecule has 0 saturated carbocycles. The van der Waals surface area contributed by atoms with Gasteiger partial charge in [-0.3, -0.25) is 4.79 Å². The topological polar surface area (TPSA) is 46.5 Å². The third-order valence-corrected chi connectivity index (χ3v) is 1.55. The molecule has 0 aromatic carbocycles. The molecule has 1 heterocycles. The molecule has 3 nitrogen and oxygen atoms in total. The van der Waals surface area contributed by atoms with Gasteiger partial charge in [0, 0.05) is 0 Å². The molecule has 0 amide bonds. The molecule has 1 saturated heterocycles. The molecule has 3 heteroatoms. The predicted octanol–water partition coefficient (Wildman–Crippen LogP) is 0.496. The highest BCUT2D eigenvalue weighted by molar-refractivity contribution is 5.70. The number of carbonyl (C=O) groups is 1. The van der Waals surface area contributed by atoms with E-state index in [1.807, 2.05) is 6.92 Å². The van der Waals surface area contributed by atoms with Gasteiger partial charge < -0.3 is 9.84 Å². The second-order valence-electron chi connectivity index (χ2n) is 2.41. The van der Waals surface area contributed by atoms with Gasteiger partial charge in [0.1, 0.15) is 0 Å². The number of aliphatic carboxylic acids is 1. The summed E-state index contributed by atoms with van der Waals surface area (Å²) in [6.45, 7) is 2.28. The standard InChI is InChI=1S/C6H10O3/c1-4-2-5(3-9-4)6(7)8/h4-5H,2-3H2,1H3,(H,7,8). The van der Waals surface area contributed by atoms with E-state index in [0.717, 1.165) is 0 Å². The quantitative estimate of drug-likeness (QED) is 0.562. The highest BCUT2D eigenvalue weighted by Crippen LogP contribution is 2.18. The lowest BCUT2D eigenvalue weighted by atomic mass is 10.1. The van der Waals surface area contributed by atoms with Crippen molar-refractivity contribution in [2.75, 3.05) is 6.61 Å². The van der Waals surface area contributed by atoms with Crippen LogP contribution in [0.2, 0.25) is 0 Å². The lowest BCUT2D eigenvalue weighted by molar-refractivity contribution is -0.141. The van der Waals surface area contributed by atoms with Gasteiger partial charge in [0.2, 0.25) is 0 Å². The van der Waals surface area contributed by atoms with Crippen LogP contribution >= 0.6 is 0 Å². The van der Waals surface area contributed by atoms with E-state index in [4.69, 9.17) is 9.84 Å². The molecular weight excluding hydrogens is 120 g/mol. The lowest BCUT2D eigenvalue weighted by Gasteiger charge is -1.96. The van der Waals surface area contributed by atoms with Crippen LogP contribution in [0.25, 0.3) is 0 Å². The smallest absolute Gasteiger partial charge is 0.308 e. The normalized spacial score (nSPS) is 34.8. The molecule has 0 bridgehead atoms. The first-order valence-corrected chi connectivity index (χ1v) is 3.04. The van der Waals surface area contributed by atoms with E-state index in [2.05, 4.69) is 0 Å². The molecule has 0 aliphatic carbocycles. The molecule has 2 unspecified atom stereocenters. The van der Waals surface area contributed by atoms with Crippen molar-refractivity contribution in [3.05, 3.63) is 0 Å². The summed E-state index contributed by atoms with van der Waals surface area (Å²) >= 11 is 0. The largest absolute Gasteiger partial charge is 0.481 e. The summed E-state index contributed by atoms with van der Waals surface area (Å²) in [5.41, 5.74) is 0. The Morgan fingerprint density at radius 3 is 2.67 bits per heavy atom. The first kappa shape index (κ1) is 6.55. The Morgan fingerprint density at radius 2 is 2.44 bits per heavy atom. The fraction of sp³-hybridized carbons (Fsp3) is 0.833. The number of hydrogen-bond acceptors (Lipinski definition) is 2. The van der Waals surface area contributed by atoms with E-state index in [0.29, 0.717) is 13.0 Å². The third kappa shape index (κ3) is 1.42. The summed E-state index contributed by atoms with van der Waals surface area (Å²) in [6.07, 6.45) is 0.793. The van der Waals surface area contributed by atoms with E-state index in [-0.39, 0.29) is 12.0 Å². The fourth-order valence-electron chi connectivity index (χ4n) is 0.989. The summed E-state index contributed by atoms with van der Waals surface area (Å²) in [4.78, 5) is 10.3. The average molecular weight is 130 g/mol. The maximum absolute atomic E-state index is 10.3. The Hall–Kier alpha value is -0.570. The van der Waals surface area contributed by atoms with Crippen molar-refractivity contribution >= 4 is 5.97 Å². The van der Waals surface area contributed by atoms with Crippen LogP contribution in [0.1, 0.15) is 13.3 Å². The second kappa shape index (κ2) is 2.35. The number of carboxylic acids is 1. The summed E-state index contributed by atoms with van der Waals surface area (Å²) in [5, 5.41) is 8.45. The summed E-state index contributed by atoms with van der Waals surface area (Å²) in [6, 6.07) is 0. The van der Waals surface area contributed by atoms with Gasteiger partial charge in [-0.05, 0) is 13.3 Å². The predicted molar refractivity (Wildman–Crippen MR) is 31.2 cm³/mol. The Bertz CT molecular complexity index is 121. The van der Waals surface area contributed by atoms with Crippen molar-refractivity contribution < 1.29 is 14.6 Å². The van der Waals surface area contributed by atoms with Crippen LogP contribution in [-0.4, -0.2) is 23.8 Å². The van der Waals surface area contributed by atoms with E-state index in [1.165, 1.54) is 0 Å². The maximum Gasteiger partial charge on any atom is 0.308 e. The first-order chi connectivity index (χ1) is 4.20. The van der Waals surface area contributed by atoms with Gasteiger partial charge in [0.25, 0.3) is 0 Å². The van der Waals surface area contributed by atoms with Gasteiger partial charge in [-0.25, -0.2) is 0 Å². The maximum atomic E-state index is 10.3. The molecule has 9 heavy (non-hydrogen) atoms. The number of carboxylic acid groups (broad SMARTS) is 1. The van der Waals surface area contributed by atoms with E-state index < -0.39 is 5.97 Å². The molecule has 1 aliphatic rings. The summed E-state index contributed by atoms with van der Waals surface area (Å²) in [5.74, 6) is -1.00. The molecule has 0 radical (unpaired) electrons. The van der Waals surface area contributed by atoms with Gasteiger partial charge >= 0.3 is 5.97 Å². The van der Waals surface area contributed by atoms with E-state index in [9.17, 15) is 4.79 Å². The van der Waals surface area contributed by atoms with Gasteiger partial charge in [-0.1, -0.05) is 0 Å². The Kier molecular flexibility index (Phi) is 1.71. The van der Waals surface area contributed by atoms with Crippen LogP contribution in [0.4, 0.5) is 0 Å². The van der Waals surface area contributed by atoms with Crippen LogP contribution in [-0.2, 0) is 9.53 Å². The zero-order valence-corrected chi connectivity index (χ0v) is 5.33. The summed E-state index contributed by atoms with van der Waals surface area (Å²) < 4.78 is 5.05. The van der Waals surface area contributed by atoms with Gasteiger partial charge in [0.15, 0.2) is 0 Å². The van der Waals surface area contributed by atoms with E-state index in [1.54, 1.807) is 0 Å². The first-order valence-electron chi connectivity index (χ1n) is 3.04. The van der Waals surface area contributed by atoms with Crippen molar-refractivity contribution in [3.63, 3.8) is 0 Å². The average Bonchev–Trinajstić information content (AvgIpc) is 2.14. The second-order valence-corrected chi connectivity index (χ2v) is 2.41. The molecular formula is C6H10O3. The van der Waals surface area contributed by atoms with Crippen LogP contribution in [0.15, 0.2) is 0 Å². The number of rotatable bonds is 1. The Balaban J connectivity index is 2.39. The lowest BCUT2D eigenvalue weighted by Crippen LogP contribution is -2.12. The molecule has 2 atom stereocenters. The van der Waals surface area contributed by atoms with Crippen LogP contribution in [0.3, 0.4) is 0 Å². The minimum absolute atomic E-state index is 0.131. The van der Waals surface area contributed by atoms with Crippen LogP contribution in [0.5, 0.6) is 0 Å². The van der Waals surface area contributed by atoms with Crippen molar-refractivity contribution in [1.82, 2.24) is 0 Å². The van der Waals surface area contributed by atoms with Crippen molar-refractivity contribution in [3.8, 4) is 0 Å². The van der Waals surface area contributed by atoms with Crippen LogP contribution < -0.4 is 0 Å². The molecule has 1 fully saturated rings. The third-order valence-electron chi connectivity index (χ3n) is 1.55. The van der Waals surface area contributed by atoms with Crippen LogP contribution in [0, 0.1) is 5.92 Å². The molecule has 52 valence electrons. The van der Waals surface area contributed by atoms with Crippen molar-refractivity contribution in [2.24, 2.45) is 5.92 Å². The zero-order chi connectivity index (χ0) is 6.85. The molecule has 0 spiro atoms. The molecule has 1 aliphatic heterocycles. The van der Waals surface area contributed by atoms with Gasteiger partial charge in [0.05, 0.1) is 18.6 Å². The monoisotopic (exact) mass is 130 g/mol. The highest BCUT2D eigenvalue weighted by atomic mass is 16.5. The summed E-state index contributed by atoms with van der Waals surface area (Å²) in [7, 11) is 0. The fourth-order valence-corrected chi connectivity index (χ4v) is 0.989. The minimum atomic E-state index is -0.737. The van der Waals surface area contributed by atoms with Crippen molar-refractivity contribution in [1.29, 1.82) is 0 Å². The number of ether oxygens (including phenoxy) is 1. The van der Waals surface area contributed by atoms with Gasteiger partial charge in [-0.2, -0.15) is 0 Å². The Labute approximate surface area is 53.6 Å². The Morgan fingerprint density at radius 1 is 1.78 bits per heavy atom. The molecule has 0 aromatic rings. The number of hydrogen-bond donors (Lipinski definition) is 1. The minimum Gasteiger partial charge on any atom is -0.481 e. The van der Waals surface area contributed by atoms with Gasteiger partial charge in [-0.15, -0.1) is 0 Å². The SMILES string of the molecule is CC1CC(C(=O)O)CO1. The zero-order valence-electron chi connectivity index (χ0n) is 5.33. The highest BCUT2D eigenvalue weighted by Gasteiger charge is 2.27.